The summed E-state index contributed by atoms with van der Waals surface area (Å²) in [4.78, 5) is 2.28. The number of anilines is 1. The smallest absolute Gasteiger partial charge is 0.0637 e. The molecule has 0 spiro atoms. The highest BCUT2D eigenvalue weighted by Gasteiger charge is 2.14. The molecule has 4 heteroatoms. The van der Waals surface area contributed by atoms with Crippen molar-refractivity contribution >= 4 is 5.69 Å². The van der Waals surface area contributed by atoms with Crippen LogP contribution in [0.4, 0.5) is 5.69 Å². The fourth-order valence-electron chi connectivity index (χ4n) is 2.06. The number of rotatable bonds is 9. The first-order valence-corrected chi connectivity index (χ1v) is 6.81. The van der Waals surface area contributed by atoms with E-state index in [1.165, 1.54) is 11.3 Å². The molecule has 4 nitrogen and oxygen atoms in total. The summed E-state index contributed by atoms with van der Waals surface area (Å²) in [5.41, 5.74) is 8.58. The third-order valence-electron chi connectivity index (χ3n) is 3.25. The molecule has 0 amide bonds. The molecule has 0 unspecified atom stereocenters. The van der Waals surface area contributed by atoms with Gasteiger partial charge in [-0.1, -0.05) is 25.1 Å². The topological polar surface area (TPSA) is 47.7 Å². The van der Waals surface area contributed by atoms with Gasteiger partial charge in [-0.15, -0.1) is 0 Å². The zero-order chi connectivity index (χ0) is 14.1. The zero-order valence-electron chi connectivity index (χ0n) is 12.3. The Morgan fingerprint density at radius 2 is 1.68 bits per heavy atom. The summed E-state index contributed by atoms with van der Waals surface area (Å²) >= 11 is 0. The Kier molecular flexibility index (Phi) is 7.48. The van der Waals surface area contributed by atoms with Crippen molar-refractivity contribution in [1.82, 2.24) is 0 Å². The SMILES string of the molecule is CC[C@@H](N)c1ccccc1N(CCOC)CCOC. The first kappa shape index (κ1) is 16.0. The normalized spacial score (nSPS) is 12.4. The van der Waals surface area contributed by atoms with Gasteiger partial charge in [-0.3, -0.25) is 0 Å². The van der Waals surface area contributed by atoms with Crippen LogP contribution in [0.5, 0.6) is 0 Å². The molecule has 0 heterocycles. The lowest BCUT2D eigenvalue weighted by atomic mass is 10.0. The second-order valence-electron chi connectivity index (χ2n) is 4.55. The van der Waals surface area contributed by atoms with Crippen molar-refractivity contribution in [1.29, 1.82) is 0 Å². The summed E-state index contributed by atoms with van der Waals surface area (Å²) in [5, 5.41) is 0. The van der Waals surface area contributed by atoms with E-state index in [1.807, 2.05) is 12.1 Å². The van der Waals surface area contributed by atoms with Crippen LogP contribution < -0.4 is 10.6 Å². The monoisotopic (exact) mass is 266 g/mol. The van der Waals surface area contributed by atoms with Crippen LogP contribution in [0.1, 0.15) is 24.9 Å². The number of ether oxygens (including phenoxy) is 2. The van der Waals surface area contributed by atoms with Gasteiger partial charge in [-0.25, -0.2) is 0 Å². The first-order valence-electron chi connectivity index (χ1n) is 6.81. The minimum atomic E-state index is 0.0730. The second-order valence-corrected chi connectivity index (χ2v) is 4.55. The van der Waals surface area contributed by atoms with Crippen LogP contribution >= 0.6 is 0 Å². The molecule has 1 rings (SSSR count). The lowest BCUT2D eigenvalue weighted by Crippen LogP contribution is -2.32. The van der Waals surface area contributed by atoms with Crippen LogP contribution in [0.3, 0.4) is 0 Å². The Labute approximate surface area is 116 Å². The van der Waals surface area contributed by atoms with E-state index < -0.39 is 0 Å². The molecule has 0 aliphatic heterocycles. The van der Waals surface area contributed by atoms with E-state index in [0.29, 0.717) is 13.2 Å². The molecule has 108 valence electrons. The maximum absolute atomic E-state index is 6.20. The minimum Gasteiger partial charge on any atom is -0.383 e. The molecule has 0 saturated carbocycles. The standard InChI is InChI=1S/C15H26N2O2/c1-4-14(16)13-7-5-6-8-15(13)17(9-11-18-2)10-12-19-3/h5-8,14H,4,9-12,16H2,1-3H3/t14-/m1/s1. The number of hydrogen-bond donors (Lipinski definition) is 1. The van der Waals surface area contributed by atoms with Crippen molar-refractivity contribution < 1.29 is 9.47 Å². The van der Waals surface area contributed by atoms with E-state index in [0.717, 1.165) is 19.5 Å². The summed E-state index contributed by atoms with van der Waals surface area (Å²) in [6.45, 7) is 5.18. The third-order valence-corrected chi connectivity index (χ3v) is 3.25. The van der Waals surface area contributed by atoms with Gasteiger partial charge in [0.2, 0.25) is 0 Å². The number of benzene rings is 1. The van der Waals surface area contributed by atoms with E-state index in [2.05, 4.69) is 24.0 Å². The summed E-state index contributed by atoms with van der Waals surface area (Å²) in [6.07, 6.45) is 0.930. The van der Waals surface area contributed by atoms with Crippen molar-refractivity contribution in [2.24, 2.45) is 5.73 Å². The number of para-hydroxylation sites is 1. The number of hydrogen-bond acceptors (Lipinski definition) is 4. The number of nitrogens with zero attached hydrogens (tertiary/aromatic N) is 1. The van der Waals surface area contributed by atoms with Gasteiger partial charge in [0.25, 0.3) is 0 Å². The van der Waals surface area contributed by atoms with E-state index in [-0.39, 0.29) is 6.04 Å². The zero-order valence-corrected chi connectivity index (χ0v) is 12.3. The van der Waals surface area contributed by atoms with Crippen LogP contribution in [-0.4, -0.2) is 40.5 Å². The highest BCUT2D eigenvalue weighted by molar-refractivity contribution is 5.55. The van der Waals surface area contributed by atoms with Crippen molar-refractivity contribution in [3.8, 4) is 0 Å². The molecule has 0 aliphatic rings. The Balaban J connectivity index is 2.92. The molecule has 1 atom stereocenters. The van der Waals surface area contributed by atoms with Crippen molar-refractivity contribution in [2.75, 3.05) is 45.4 Å². The van der Waals surface area contributed by atoms with Crippen LogP contribution in [0.15, 0.2) is 24.3 Å². The van der Waals surface area contributed by atoms with Gasteiger partial charge in [0.05, 0.1) is 13.2 Å². The van der Waals surface area contributed by atoms with Gasteiger partial charge in [-0.05, 0) is 18.1 Å². The fourth-order valence-corrected chi connectivity index (χ4v) is 2.06. The van der Waals surface area contributed by atoms with E-state index in [1.54, 1.807) is 14.2 Å². The third kappa shape index (κ3) is 4.82. The lowest BCUT2D eigenvalue weighted by molar-refractivity contribution is 0.190. The van der Waals surface area contributed by atoms with Gasteiger partial charge in [0.1, 0.15) is 0 Å². The Morgan fingerprint density at radius 1 is 1.11 bits per heavy atom. The maximum atomic E-state index is 6.20. The Bertz CT molecular complexity index is 350. The molecule has 19 heavy (non-hydrogen) atoms. The van der Waals surface area contributed by atoms with Gasteiger partial charge in [-0.2, -0.15) is 0 Å². The maximum Gasteiger partial charge on any atom is 0.0637 e. The number of methoxy groups -OCH3 is 2. The lowest BCUT2D eigenvalue weighted by Gasteiger charge is -2.28. The predicted molar refractivity (Wildman–Crippen MR) is 79.6 cm³/mol. The number of nitrogens with two attached hydrogens (primary N) is 1. The highest BCUT2D eigenvalue weighted by Crippen LogP contribution is 2.26. The van der Waals surface area contributed by atoms with Crippen LogP contribution in [0.2, 0.25) is 0 Å². The van der Waals surface area contributed by atoms with E-state index in [4.69, 9.17) is 15.2 Å². The molecular weight excluding hydrogens is 240 g/mol. The molecule has 0 radical (unpaired) electrons. The van der Waals surface area contributed by atoms with Crippen molar-refractivity contribution in [2.45, 2.75) is 19.4 Å². The Hall–Kier alpha value is -1.10. The van der Waals surface area contributed by atoms with Crippen LogP contribution in [0, 0.1) is 0 Å². The largest absolute Gasteiger partial charge is 0.383 e. The average Bonchev–Trinajstić information content (AvgIpc) is 2.47. The predicted octanol–water partition coefficient (Wildman–Crippen LogP) is 2.20. The average molecular weight is 266 g/mol. The molecule has 0 bridgehead atoms. The quantitative estimate of drug-likeness (QED) is 0.744. The van der Waals surface area contributed by atoms with Crippen molar-refractivity contribution in [3.05, 3.63) is 29.8 Å². The summed E-state index contributed by atoms with van der Waals surface area (Å²) in [5.74, 6) is 0. The van der Waals surface area contributed by atoms with Gasteiger partial charge in [0.15, 0.2) is 0 Å². The van der Waals surface area contributed by atoms with E-state index in [9.17, 15) is 0 Å². The molecule has 2 N–H and O–H groups in total. The van der Waals surface area contributed by atoms with Crippen LogP contribution in [-0.2, 0) is 9.47 Å². The van der Waals surface area contributed by atoms with Crippen molar-refractivity contribution in [3.63, 3.8) is 0 Å². The Morgan fingerprint density at radius 3 is 2.21 bits per heavy atom. The molecule has 0 fully saturated rings. The first-order chi connectivity index (χ1) is 9.24. The molecule has 0 saturated heterocycles. The van der Waals surface area contributed by atoms with Gasteiger partial charge >= 0.3 is 0 Å². The van der Waals surface area contributed by atoms with Gasteiger partial charge in [0, 0.05) is 39.0 Å². The minimum absolute atomic E-state index is 0.0730. The van der Waals surface area contributed by atoms with Crippen LogP contribution in [0.25, 0.3) is 0 Å². The molecule has 1 aromatic carbocycles. The fraction of sp³-hybridized carbons (Fsp3) is 0.600. The molecule has 0 aliphatic carbocycles. The summed E-state index contributed by atoms with van der Waals surface area (Å²) in [6, 6.07) is 8.39. The highest BCUT2D eigenvalue weighted by atomic mass is 16.5. The van der Waals surface area contributed by atoms with E-state index >= 15 is 0 Å². The second kappa shape index (κ2) is 8.91. The summed E-state index contributed by atoms with van der Waals surface area (Å²) in [7, 11) is 3.44. The van der Waals surface area contributed by atoms with Gasteiger partial charge < -0.3 is 20.1 Å². The molecule has 1 aromatic rings. The summed E-state index contributed by atoms with van der Waals surface area (Å²) < 4.78 is 10.4. The molecule has 0 aromatic heterocycles. The molecular formula is C15H26N2O2.